The van der Waals surface area contributed by atoms with Crippen molar-refractivity contribution >= 4 is 23.2 Å². The van der Waals surface area contributed by atoms with Gasteiger partial charge in [0.1, 0.15) is 6.10 Å². The van der Waals surface area contributed by atoms with Crippen LogP contribution < -0.4 is 5.32 Å². The molecule has 2 aromatic rings. The fraction of sp³-hybridized carbons (Fsp3) is 0.368. The summed E-state index contributed by atoms with van der Waals surface area (Å²) in [5.41, 5.74) is 0.549. The molecule has 1 unspecified atom stereocenters. The number of aliphatic hydroxyl groups excluding tert-OH is 1. The fourth-order valence-electron chi connectivity index (χ4n) is 2.95. The zero-order chi connectivity index (χ0) is 18.4. The first-order valence-electron chi connectivity index (χ1n) is 8.68. The first kappa shape index (κ1) is 18.6. The topological polar surface area (TPSA) is 72.9 Å². The Bertz CT molecular complexity index is 713. The third-order valence-electron chi connectivity index (χ3n) is 4.46. The largest absolute Gasteiger partial charge is 0.386 e. The molecule has 26 heavy (non-hydrogen) atoms. The van der Waals surface area contributed by atoms with Crippen molar-refractivity contribution in [1.82, 2.24) is 15.1 Å². The second-order valence-electron chi connectivity index (χ2n) is 6.26. The van der Waals surface area contributed by atoms with E-state index < -0.39 is 6.10 Å². The van der Waals surface area contributed by atoms with Crippen LogP contribution in [0.25, 0.3) is 0 Å². The van der Waals surface area contributed by atoms with E-state index in [1.54, 1.807) is 40.5 Å². The number of β-amino-alcohol motifs (C(OH)–C–C–N with tert-alkyl or cyclic N) is 1. The first-order chi connectivity index (χ1) is 12.6. The van der Waals surface area contributed by atoms with Crippen LogP contribution in [-0.4, -0.2) is 66.0 Å². The minimum Gasteiger partial charge on any atom is -0.386 e. The Labute approximate surface area is 157 Å². The number of amides is 2. The number of rotatable bonds is 6. The molecule has 1 atom stereocenters. The maximum atomic E-state index is 12.3. The second kappa shape index (κ2) is 8.93. The highest BCUT2D eigenvalue weighted by Gasteiger charge is 2.23. The Kier molecular flexibility index (Phi) is 6.38. The van der Waals surface area contributed by atoms with Crippen LogP contribution in [0.2, 0.25) is 0 Å². The molecule has 1 fully saturated rings. The maximum absolute atomic E-state index is 12.3. The van der Waals surface area contributed by atoms with Gasteiger partial charge in [-0.2, -0.15) is 0 Å². The van der Waals surface area contributed by atoms with Crippen molar-refractivity contribution < 1.29 is 14.7 Å². The average Bonchev–Trinajstić information content (AvgIpc) is 3.22. The van der Waals surface area contributed by atoms with Crippen molar-refractivity contribution in [1.29, 1.82) is 0 Å². The van der Waals surface area contributed by atoms with Crippen LogP contribution in [0.1, 0.15) is 21.3 Å². The van der Waals surface area contributed by atoms with Gasteiger partial charge in [0.2, 0.25) is 5.91 Å². The van der Waals surface area contributed by atoms with Crippen molar-refractivity contribution in [2.24, 2.45) is 0 Å². The molecular formula is C19H23N3O3S. The number of benzene rings is 1. The molecular weight excluding hydrogens is 350 g/mol. The molecule has 138 valence electrons. The number of aliphatic hydroxyl groups is 1. The molecule has 7 heteroatoms. The van der Waals surface area contributed by atoms with E-state index in [0.29, 0.717) is 25.2 Å². The average molecular weight is 373 g/mol. The number of carbonyl (C=O) groups excluding carboxylic acids is 2. The van der Waals surface area contributed by atoms with Crippen molar-refractivity contribution in [3.63, 3.8) is 0 Å². The maximum Gasteiger partial charge on any atom is 0.251 e. The quantitative estimate of drug-likeness (QED) is 0.802. The lowest BCUT2D eigenvalue weighted by atomic mass is 10.2. The lowest BCUT2D eigenvalue weighted by molar-refractivity contribution is -0.132. The van der Waals surface area contributed by atoms with Gasteiger partial charge in [0.05, 0.1) is 6.54 Å². The highest BCUT2D eigenvalue weighted by atomic mass is 32.1. The van der Waals surface area contributed by atoms with E-state index in [0.717, 1.165) is 18.0 Å². The normalized spacial score (nSPS) is 16.3. The summed E-state index contributed by atoms with van der Waals surface area (Å²) in [6, 6.07) is 12.7. The van der Waals surface area contributed by atoms with Crippen molar-refractivity contribution in [3.8, 4) is 0 Å². The molecule has 1 aliphatic heterocycles. The van der Waals surface area contributed by atoms with Gasteiger partial charge >= 0.3 is 0 Å². The summed E-state index contributed by atoms with van der Waals surface area (Å²) in [6.07, 6.45) is -0.484. The molecule has 2 N–H and O–H groups in total. The molecule has 0 aliphatic carbocycles. The third-order valence-corrected chi connectivity index (χ3v) is 5.44. The van der Waals surface area contributed by atoms with Crippen LogP contribution in [0.4, 0.5) is 0 Å². The van der Waals surface area contributed by atoms with E-state index in [1.165, 1.54) is 0 Å². The number of hydrogen-bond acceptors (Lipinski definition) is 5. The monoisotopic (exact) mass is 373 g/mol. The van der Waals surface area contributed by atoms with Crippen molar-refractivity contribution in [2.45, 2.75) is 6.10 Å². The van der Waals surface area contributed by atoms with E-state index in [1.807, 2.05) is 23.6 Å². The van der Waals surface area contributed by atoms with Crippen molar-refractivity contribution in [3.05, 3.63) is 58.3 Å². The van der Waals surface area contributed by atoms with E-state index in [2.05, 4.69) is 10.2 Å². The lowest BCUT2D eigenvalue weighted by Crippen LogP contribution is -2.51. The predicted octanol–water partition coefficient (Wildman–Crippen LogP) is 1.36. The summed E-state index contributed by atoms with van der Waals surface area (Å²) in [5.74, 6) is -0.315. The van der Waals surface area contributed by atoms with Crippen LogP contribution >= 0.6 is 11.3 Å². The molecule has 0 radical (unpaired) electrons. The standard InChI is InChI=1S/C19H23N3O3S/c23-16(17-7-4-12-26-17)14-21-8-10-22(11-9-21)18(24)13-20-19(25)15-5-2-1-3-6-15/h1-7,12,16,23H,8-11,13-14H2,(H,20,25). The molecule has 2 heterocycles. The SMILES string of the molecule is O=C(NCC(=O)N1CCN(CC(O)c2cccs2)CC1)c1ccccc1. The molecule has 6 nitrogen and oxygen atoms in total. The van der Waals surface area contributed by atoms with Gasteiger partial charge in [-0.25, -0.2) is 0 Å². The van der Waals surface area contributed by atoms with Crippen LogP contribution in [0.3, 0.4) is 0 Å². The molecule has 1 saturated heterocycles. The molecule has 3 rings (SSSR count). The van der Waals surface area contributed by atoms with Gasteiger partial charge in [-0.1, -0.05) is 24.3 Å². The molecule has 0 saturated carbocycles. The molecule has 0 spiro atoms. The highest BCUT2D eigenvalue weighted by molar-refractivity contribution is 7.10. The summed E-state index contributed by atoms with van der Waals surface area (Å²) in [4.78, 5) is 29.2. The number of nitrogens with zero attached hydrogens (tertiary/aromatic N) is 2. The van der Waals surface area contributed by atoms with Gasteiger partial charge in [-0.3, -0.25) is 14.5 Å². The van der Waals surface area contributed by atoms with Crippen LogP contribution in [0.5, 0.6) is 0 Å². The Morgan fingerprint density at radius 1 is 1.08 bits per heavy atom. The van der Waals surface area contributed by atoms with Gasteiger partial charge in [0.15, 0.2) is 0 Å². The molecule has 1 aromatic carbocycles. The number of thiophene rings is 1. The zero-order valence-electron chi connectivity index (χ0n) is 14.5. The minimum absolute atomic E-state index is 0.00550. The van der Waals surface area contributed by atoms with E-state index in [4.69, 9.17) is 0 Å². The highest BCUT2D eigenvalue weighted by Crippen LogP contribution is 2.20. The van der Waals surface area contributed by atoms with Crippen molar-refractivity contribution in [2.75, 3.05) is 39.3 Å². The Morgan fingerprint density at radius 2 is 1.81 bits per heavy atom. The summed E-state index contributed by atoms with van der Waals surface area (Å²) in [5, 5.41) is 14.9. The number of hydrogen-bond donors (Lipinski definition) is 2. The predicted molar refractivity (Wildman–Crippen MR) is 101 cm³/mol. The molecule has 0 bridgehead atoms. The first-order valence-corrected chi connectivity index (χ1v) is 9.56. The summed E-state index contributed by atoms with van der Waals surface area (Å²) < 4.78 is 0. The van der Waals surface area contributed by atoms with Crippen LogP contribution in [0, 0.1) is 0 Å². The molecule has 1 aliphatic rings. The zero-order valence-corrected chi connectivity index (χ0v) is 15.3. The summed E-state index contributed by atoms with van der Waals surface area (Å²) >= 11 is 1.55. The Morgan fingerprint density at radius 3 is 2.46 bits per heavy atom. The van der Waals surface area contributed by atoms with Crippen LogP contribution in [0.15, 0.2) is 47.8 Å². The second-order valence-corrected chi connectivity index (χ2v) is 7.24. The molecule has 2 amide bonds. The third kappa shape index (κ3) is 4.91. The number of piperazine rings is 1. The van der Waals surface area contributed by atoms with E-state index in [-0.39, 0.29) is 18.4 Å². The van der Waals surface area contributed by atoms with Gasteiger partial charge in [-0.15, -0.1) is 11.3 Å². The smallest absolute Gasteiger partial charge is 0.251 e. The molecule has 1 aromatic heterocycles. The van der Waals surface area contributed by atoms with Gasteiger partial charge in [-0.05, 0) is 23.6 Å². The minimum atomic E-state index is -0.484. The van der Waals surface area contributed by atoms with E-state index >= 15 is 0 Å². The van der Waals surface area contributed by atoms with Gasteiger partial charge < -0.3 is 15.3 Å². The summed E-state index contributed by atoms with van der Waals surface area (Å²) in [7, 11) is 0. The fourth-order valence-corrected chi connectivity index (χ4v) is 3.66. The van der Waals surface area contributed by atoms with Gasteiger partial charge in [0.25, 0.3) is 5.91 Å². The Hall–Kier alpha value is -2.22. The lowest BCUT2D eigenvalue weighted by Gasteiger charge is -2.35. The Balaban J connectivity index is 1.40. The van der Waals surface area contributed by atoms with Gasteiger partial charge in [0, 0.05) is 43.2 Å². The number of carbonyl (C=O) groups is 2. The summed E-state index contributed by atoms with van der Waals surface area (Å²) in [6.45, 7) is 3.24. The van der Waals surface area contributed by atoms with E-state index in [9.17, 15) is 14.7 Å². The van der Waals surface area contributed by atoms with Crippen LogP contribution in [-0.2, 0) is 4.79 Å². The number of nitrogens with one attached hydrogen (secondary N) is 1.